The van der Waals surface area contributed by atoms with Crippen LogP contribution in [0.5, 0.6) is 0 Å². The Morgan fingerprint density at radius 3 is 2.00 bits per heavy atom. The van der Waals surface area contributed by atoms with Gasteiger partial charge < -0.3 is 0 Å². The van der Waals surface area contributed by atoms with Crippen molar-refractivity contribution in [2.45, 2.75) is 13.3 Å². The molecule has 0 amide bonds. The van der Waals surface area contributed by atoms with Gasteiger partial charge in [-0.15, -0.1) is 17.5 Å². The Bertz CT molecular complexity index is 864. The van der Waals surface area contributed by atoms with Crippen molar-refractivity contribution in [1.29, 1.82) is 0 Å². The van der Waals surface area contributed by atoms with Crippen molar-refractivity contribution >= 4 is 29.6 Å². The topological polar surface area (TPSA) is 30.9 Å². The Morgan fingerprint density at radius 1 is 0.769 bits per heavy atom. The molecule has 0 unspecified atom stereocenters. The molecule has 0 spiro atoms. The van der Waals surface area contributed by atoms with Crippen molar-refractivity contribution in [3.8, 4) is 0 Å². The fourth-order valence-electron chi connectivity index (χ4n) is 2.81. The number of hydrogen-bond acceptors (Lipinski definition) is 4. The van der Waals surface area contributed by atoms with Gasteiger partial charge in [-0.05, 0) is 36.2 Å². The van der Waals surface area contributed by atoms with Gasteiger partial charge >= 0.3 is 0 Å². The molecule has 1 N–H and O–H groups in total. The van der Waals surface area contributed by atoms with E-state index in [0.717, 1.165) is 29.2 Å². The van der Waals surface area contributed by atoms with Gasteiger partial charge in [-0.2, -0.15) is 10.2 Å². The van der Waals surface area contributed by atoms with Crippen LogP contribution in [0.3, 0.4) is 0 Å². The number of halogens is 1. The molecule has 5 heteroatoms. The molecule has 4 rings (SSSR count). The van der Waals surface area contributed by atoms with Crippen LogP contribution in [-0.4, -0.2) is 5.84 Å². The number of amidine groups is 1. The summed E-state index contributed by atoms with van der Waals surface area (Å²) in [7, 11) is 0. The molecule has 0 fully saturated rings. The minimum Gasteiger partial charge on any atom is -0.259 e. The first kappa shape index (κ1) is 17.8. The molecule has 1 heterocycles. The molecular weight excluding hydrogens is 344 g/mol. The molecule has 1 aliphatic heterocycles. The Balaban J connectivity index is 0.00000196. The first-order chi connectivity index (χ1) is 12.3. The fourth-order valence-corrected chi connectivity index (χ4v) is 2.81. The standard InChI is InChI=1S/C21H20N4.ClH/c1-2-17-13-15-20(16-14-17)25-23-21(18-9-5-3-6-10-18)22-24(25)19-11-7-4-8-12-19;/h3-16H,2H2,1H3,(H,22,23);1H. The second kappa shape index (κ2) is 7.93. The minimum absolute atomic E-state index is 0. The van der Waals surface area contributed by atoms with Gasteiger partial charge in [0.2, 0.25) is 0 Å². The Morgan fingerprint density at radius 2 is 1.38 bits per heavy atom. The third kappa shape index (κ3) is 3.51. The van der Waals surface area contributed by atoms with E-state index in [9.17, 15) is 0 Å². The smallest absolute Gasteiger partial charge is 0.176 e. The van der Waals surface area contributed by atoms with Crippen LogP contribution in [0.15, 0.2) is 90.0 Å². The van der Waals surface area contributed by atoms with E-state index in [1.807, 2.05) is 58.8 Å². The van der Waals surface area contributed by atoms with Crippen molar-refractivity contribution in [2.75, 3.05) is 10.2 Å². The molecule has 132 valence electrons. The lowest BCUT2D eigenvalue weighted by Crippen LogP contribution is -2.44. The molecule has 3 aromatic rings. The van der Waals surface area contributed by atoms with Gasteiger partial charge in [0.25, 0.3) is 0 Å². The molecule has 3 aromatic carbocycles. The summed E-state index contributed by atoms with van der Waals surface area (Å²) >= 11 is 0. The lowest BCUT2D eigenvalue weighted by atomic mass is 10.1. The predicted octanol–water partition coefficient (Wildman–Crippen LogP) is 4.78. The van der Waals surface area contributed by atoms with Crippen LogP contribution < -0.4 is 15.7 Å². The van der Waals surface area contributed by atoms with Crippen LogP contribution >= 0.6 is 12.4 Å². The lowest BCUT2D eigenvalue weighted by molar-refractivity contribution is 0.770. The highest BCUT2D eigenvalue weighted by atomic mass is 35.5. The summed E-state index contributed by atoms with van der Waals surface area (Å²) < 4.78 is 0. The Kier molecular flexibility index (Phi) is 5.44. The number of hydrogen-bond donors (Lipinski definition) is 1. The van der Waals surface area contributed by atoms with Gasteiger partial charge in [-0.1, -0.05) is 67.6 Å². The summed E-state index contributed by atoms with van der Waals surface area (Å²) in [5.74, 6) is 0.823. The van der Waals surface area contributed by atoms with Crippen LogP contribution in [0.25, 0.3) is 0 Å². The van der Waals surface area contributed by atoms with Crippen LogP contribution in [0.2, 0.25) is 0 Å². The number of hydrazine groups is 2. The van der Waals surface area contributed by atoms with E-state index in [2.05, 4.69) is 48.7 Å². The number of hydrazone groups is 1. The average molecular weight is 365 g/mol. The quantitative estimate of drug-likeness (QED) is 0.722. The second-order valence-corrected chi connectivity index (χ2v) is 5.88. The zero-order valence-corrected chi connectivity index (χ0v) is 15.4. The van der Waals surface area contributed by atoms with E-state index in [1.165, 1.54) is 5.56 Å². The van der Waals surface area contributed by atoms with Crippen molar-refractivity contribution in [1.82, 2.24) is 5.43 Å². The van der Waals surface area contributed by atoms with Crippen molar-refractivity contribution in [2.24, 2.45) is 5.10 Å². The summed E-state index contributed by atoms with van der Waals surface area (Å²) in [6.45, 7) is 2.16. The van der Waals surface area contributed by atoms with Crippen molar-refractivity contribution in [3.05, 3.63) is 96.1 Å². The number of nitrogens with one attached hydrogen (secondary N) is 1. The van der Waals surface area contributed by atoms with E-state index in [1.54, 1.807) is 0 Å². The van der Waals surface area contributed by atoms with E-state index < -0.39 is 0 Å². The number of aryl methyl sites for hydroxylation is 1. The lowest BCUT2D eigenvalue weighted by Gasteiger charge is -2.28. The molecule has 26 heavy (non-hydrogen) atoms. The third-order valence-electron chi connectivity index (χ3n) is 4.22. The minimum atomic E-state index is 0. The number of anilines is 2. The highest BCUT2D eigenvalue weighted by molar-refractivity contribution is 6.02. The number of para-hydroxylation sites is 1. The molecular formula is C21H21ClN4. The summed E-state index contributed by atoms with van der Waals surface area (Å²) in [6, 6.07) is 28.8. The third-order valence-corrected chi connectivity index (χ3v) is 4.22. The van der Waals surface area contributed by atoms with Gasteiger partial charge in [0.1, 0.15) is 0 Å². The van der Waals surface area contributed by atoms with E-state index in [4.69, 9.17) is 5.10 Å². The molecule has 0 atom stereocenters. The number of nitrogens with zero attached hydrogens (tertiary/aromatic N) is 3. The Labute approximate surface area is 160 Å². The number of benzene rings is 3. The zero-order valence-electron chi connectivity index (χ0n) is 14.5. The van der Waals surface area contributed by atoms with Gasteiger partial charge in [-0.25, -0.2) is 0 Å². The van der Waals surface area contributed by atoms with E-state index in [0.29, 0.717) is 0 Å². The average Bonchev–Trinajstić information content (AvgIpc) is 3.15. The summed E-state index contributed by atoms with van der Waals surface area (Å²) in [5.41, 5.74) is 7.83. The van der Waals surface area contributed by atoms with Crippen LogP contribution in [0, 0.1) is 0 Å². The van der Waals surface area contributed by atoms with Crippen LogP contribution in [0.4, 0.5) is 11.4 Å². The highest BCUT2D eigenvalue weighted by Crippen LogP contribution is 2.26. The maximum absolute atomic E-state index is 4.79. The van der Waals surface area contributed by atoms with Crippen LogP contribution in [-0.2, 0) is 6.42 Å². The predicted molar refractivity (Wildman–Crippen MR) is 111 cm³/mol. The van der Waals surface area contributed by atoms with Gasteiger partial charge in [-0.3, -0.25) is 5.43 Å². The van der Waals surface area contributed by atoms with Gasteiger partial charge in [0, 0.05) is 5.56 Å². The number of rotatable bonds is 4. The van der Waals surface area contributed by atoms with Gasteiger partial charge in [0.05, 0.1) is 11.4 Å². The van der Waals surface area contributed by atoms with E-state index in [-0.39, 0.29) is 12.4 Å². The highest BCUT2D eigenvalue weighted by Gasteiger charge is 2.26. The maximum Gasteiger partial charge on any atom is 0.176 e. The molecule has 1 aliphatic rings. The van der Waals surface area contributed by atoms with Crippen LogP contribution in [0.1, 0.15) is 18.1 Å². The largest absolute Gasteiger partial charge is 0.259 e. The summed E-state index contributed by atoms with van der Waals surface area (Å²) in [4.78, 5) is 0. The second-order valence-electron chi connectivity index (χ2n) is 5.88. The molecule has 0 saturated heterocycles. The summed E-state index contributed by atoms with van der Waals surface area (Å²) in [6.07, 6.45) is 1.03. The maximum atomic E-state index is 4.79. The first-order valence-corrected chi connectivity index (χ1v) is 8.50. The molecule has 4 nitrogen and oxygen atoms in total. The van der Waals surface area contributed by atoms with E-state index >= 15 is 0 Å². The van der Waals surface area contributed by atoms with Gasteiger partial charge in [0.15, 0.2) is 5.84 Å². The van der Waals surface area contributed by atoms with Crippen molar-refractivity contribution in [3.63, 3.8) is 0 Å². The molecule has 0 bridgehead atoms. The normalized spacial score (nSPS) is 13.0. The first-order valence-electron chi connectivity index (χ1n) is 8.50. The monoisotopic (exact) mass is 364 g/mol. The van der Waals surface area contributed by atoms with Crippen molar-refractivity contribution < 1.29 is 0 Å². The fraction of sp³-hybridized carbons (Fsp3) is 0.0952. The zero-order chi connectivity index (χ0) is 17.1. The summed E-state index contributed by atoms with van der Waals surface area (Å²) in [5, 5.41) is 8.66. The molecule has 0 aliphatic carbocycles. The molecule has 0 radical (unpaired) electrons. The Hall–Kier alpha value is -2.98. The molecule has 0 aromatic heterocycles. The molecule has 0 saturated carbocycles. The SMILES string of the molecule is CCc1ccc(N2NC(c3ccccc3)=NN2c2ccccc2)cc1.Cl.